The fraction of sp³-hybridized carbons (Fsp3) is 0.923. The molecule has 2 atom stereocenters. The lowest BCUT2D eigenvalue weighted by Crippen LogP contribution is -2.25. The molecule has 82 valence electrons. The highest BCUT2D eigenvalue weighted by molar-refractivity contribution is 5.88. The monoisotopic (exact) mass is 196 g/mol. The number of ketones is 1. The molecule has 0 radical (unpaired) electrons. The Balaban J connectivity index is 2.46. The molecule has 0 N–H and O–H groups in total. The summed E-state index contributed by atoms with van der Waals surface area (Å²) in [5.74, 6) is 1.45. The van der Waals surface area contributed by atoms with E-state index in [4.69, 9.17) is 0 Å². The quantitative estimate of drug-likeness (QED) is 0.625. The van der Waals surface area contributed by atoms with Crippen LogP contribution in [0.5, 0.6) is 0 Å². The average molecular weight is 196 g/mol. The van der Waals surface area contributed by atoms with Gasteiger partial charge in [-0.1, -0.05) is 47.0 Å². The molecule has 1 aliphatic rings. The molecule has 0 aromatic carbocycles. The highest BCUT2D eigenvalue weighted by Crippen LogP contribution is 2.44. The summed E-state index contributed by atoms with van der Waals surface area (Å²) < 4.78 is 0. The van der Waals surface area contributed by atoms with E-state index in [1.807, 2.05) is 0 Å². The van der Waals surface area contributed by atoms with E-state index in [0.29, 0.717) is 17.6 Å². The second kappa shape index (κ2) is 4.46. The van der Waals surface area contributed by atoms with Crippen LogP contribution in [-0.2, 0) is 4.79 Å². The van der Waals surface area contributed by atoms with Crippen molar-refractivity contribution in [3.05, 3.63) is 0 Å². The van der Waals surface area contributed by atoms with Gasteiger partial charge in [0.25, 0.3) is 0 Å². The summed E-state index contributed by atoms with van der Waals surface area (Å²) in [7, 11) is 0. The number of carbonyl (C=O) groups excluding carboxylic acids is 1. The van der Waals surface area contributed by atoms with Crippen LogP contribution in [0.3, 0.4) is 0 Å². The third-order valence-corrected chi connectivity index (χ3v) is 4.03. The summed E-state index contributed by atoms with van der Waals surface area (Å²) in [4.78, 5) is 12.0. The van der Waals surface area contributed by atoms with E-state index < -0.39 is 0 Å². The molecule has 0 aliphatic heterocycles. The minimum Gasteiger partial charge on any atom is -0.299 e. The normalized spacial score (nSPS) is 31.0. The first-order valence-electron chi connectivity index (χ1n) is 6.04. The lowest BCUT2D eigenvalue weighted by molar-refractivity contribution is -0.128. The van der Waals surface area contributed by atoms with Gasteiger partial charge in [-0.15, -0.1) is 0 Å². The van der Waals surface area contributed by atoms with Gasteiger partial charge >= 0.3 is 0 Å². The molecule has 14 heavy (non-hydrogen) atoms. The summed E-state index contributed by atoms with van der Waals surface area (Å²) in [6, 6.07) is 0. The average Bonchev–Trinajstić information content (AvgIpc) is 2.31. The minimum atomic E-state index is -0.0586. The molecule has 0 saturated heterocycles. The van der Waals surface area contributed by atoms with Crippen molar-refractivity contribution in [2.75, 3.05) is 0 Å². The van der Waals surface area contributed by atoms with Gasteiger partial charge < -0.3 is 0 Å². The predicted molar refractivity (Wildman–Crippen MR) is 60.2 cm³/mol. The van der Waals surface area contributed by atoms with E-state index in [-0.39, 0.29) is 5.41 Å². The van der Waals surface area contributed by atoms with Crippen molar-refractivity contribution < 1.29 is 4.79 Å². The fourth-order valence-corrected chi connectivity index (χ4v) is 2.49. The Labute approximate surface area is 88.3 Å². The summed E-state index contributed by atoms with van der Waals surface area (Å²) >= 11 is 0. The van der Waals surface area contributed by atoms with Crippen molar-refractivity contribution in [2.45, 2.75) is 59.8 Å². The highest BCUT2D eigenvalue weighted by Gasteiger charge is 2.45. The molecule has 0 amide bonds. The van der Waals surface area contributed by atoms with Crippen LogP contribution >= 0.6 is 0 Å². The second-order valence-corrected chi connectivity index (χ2v) is 5.42. The maximum atomic E-state index is 12.0. The first kappa shape index (κ1) is 11.7. The van der Waals surface area contributed by atoms with Gasteiger partial charge in [-0.3, -0.25) is 4.79 Å². The number of hydrogen-bond acceptors (Lipinski definition) is 1. The lowest BCUT2D eigenvalue weighted by Gasteiger charge is -2.21. The van der Waals surface area contributed by atoms with Gasteiger partial charge in [0, 0.05) is 11.3 Å². The van der Waals surface area contributed by atoms with Crippen molar-refractivity contribution in [2.24, 2.45) is 17.3 Å². The number of unbranched alkanes of at least 4 members (excludes halogenated alkanes) is 2. The van der Waals surface area contributed by atoms with Crippen LogP contribution in [0.4, 0.5) is 0 Å². The smallest absolute Gasteiger partial charge is 0.141 e. The molecule has 0 heterocycles. The molecule has 0 aromatic heterocycles. The Kier molecular flexibility index (Phi) is 3.74. The van der Waals surface area contributed by atoms with Crippen molar-refractivity contribution >= 4 is 5.78 Å². The fourth-order valence-electron chi connectivity index (χ4n) is 2.49. The maximum absolute atomic E-state index is 12.0. The number of carbonyl (C=O) groups is 1. The van der Waals surface area contributed by atoms with Gasteiger partial charge in [-0.25, -0.2) is 0 Å². The van der Waals surface area contributed by atoms with Gasteiger partial charge in [-0.05, 0) is 18.8 Å². The number of hydrogen-bond donors (Lipinski definition) is 0. The Morgan fingerprint density at radius 1 is 1.36 bits per heavy atom. The van der Waals surface area contributed by atoms with Crippen molar-refractivity contribution in [3.8, 4) is 0 Å². The van der Waals surface area contributed by atoms with Crippen LogP contribution in [-0.4, -0.2) is 5.78 Å². The van der Waals surface area contributed by atoms with E-state index in [1.54, 1.807) is 0 Å². The van der Waals surface area contributed by atoms with Crippen LogP contribution in [0.2, 0.25) is 0 Å². The van der Waals surface area contributed by atoms with Crippen molar-refractivity contribution in [3.63, 3.8) is 0 Å². The Morgan fingerprint density at radius 3 is 2.43 bits per heavy atom. The third-order valence-electron chi connectivity index (χ3n) is 4.03. The van der Waals surface area contributed by atoms with Gasteiger partial charge in [0.05, 0.1) is 0 Å². The van der Waals surface area contributed by atoms with Crippen molar-refractivity contribution in [1.29, 1.82) is 0 Å². The van der Waals surface area contributed by atoms with Crippen LogP contribution in [0.25, 0.3) is 0 Å². The molecule has 1 rings (SSSR count). The van der Waals surface area contributed by atoms with E-state index in [2.05, 4.69) is 27.7 Å². The Bertz CT molecular complexity index is 205. The molecule has 1 nitrogen and oxygen atoms in total. The molecule has 0 bridgehead atoms. The predicted octanol–water partition coefficient (Wildman–Crippen LogP) is 3.82. The molecule has 1 aliphatic carbocycles. The van der Waals surface area contributed by atoms with Crippen molar-refractivity contribution in [1.82, 2.24) is 0 Å². The van der Waals surface area contributed by atoms with E-state index in [9.17, 15) is 4.79 Å². The minimum absolute atomic E-state index is 0.0586. The van der Waals surface area contributed by atoms with Gasteiger partial charge in [-0.2, -0.15) is 0 Å². The Hall–Kier alpha value is -0.330. The van der Waals surface area contributed by atoms with Crippen LogP contribution in [0.15, 0.2) is 0 Å². The summed E-state index contributed by atoms with van der Waals surface area (Å²) in [6.45, 7) is 8.65. The second-order valence-electron chi connectivity index (χ2n) is 5.42. The largest absolute Gasteiger partial charge is 0.299 e. The third kappa shape index (κ3) is 2.18. The Morgan fingerprint density at radius 2 is 2.00 bits per heavy atom. The number of Topliss-reactive ketones (excluding diaryl/α,β-unsaturated/α-hetero) is 1. The molecule has 0 aromatic rings. The molecular weight excluding hydrogens is 172 g/mol. The van der Waals surface area contributed by atoms with Gasteiger partial charge in [0.2, 0.25) is 0 Å². The van der Waals surface area contributed by atoms with E-state index in [1.165, 1.54) is 19.3 Å². The van der Waals surface area contributed by atoms with Gasteiger partial charge in [0.15, 0.2) is 0 Å². The van der Waals surface area contributed by atoms with E-state index >= 15 is 0 Å². The first-order chi connectivity index (χ1) is 6.50. The molecule has 2 unspecified atom stereocenters. The zero-order valence-electron chi connectivity index (χ0n) is 10.1. The highest BCUT2D eigenvalue weighted by atomic mass is 16.1. The summed E-state index contributed by atoms with van der Waals surface area (Å²) in [5.41, 5.74) is -0.0586. The lowest BCUT2D eigenvalue weighted by atomic mass is 9.82. The van der Waals surface area contributed by atoms with Crippen LogP contribution in [0.1, 0.15) is 59.8 Å². The SMILES string of the molecule is CCCCCC1CC(C)C(C)(C)C1=O. The first-order valence-corrected chi connectivity index (χ1v) is 6.04. The molecule has 1 saturated carbocycles. The molecule has 1 fully saturated rings. The van der Waals surface area contributed by atoms with Gasteiger partial charge in [0.1, 0.15) is 5.78 Å². The van der Waals surface area contributed by atoms with Crippen LogP contribution in [0, 0.1) is 17.3 Å². The molecule has 0 spiro atoms. The number of rotatable bonds is 4. The zero-order valence-corrected chi connectivity index (χ0v) is 10.1. The topological polar surface area (TPSA) is 17.1 Å². The maximum Gasteiger partial charge on any atom is 0.141 e. The van der Waals surface area contributed by atoms with E-state index in [0.717, 1.165) is 12.8 Å². The summed E-state index contributed by atoms with van der Waals surface area (Å²) in [6.07, 6.45) is 6.00. The summed E-state index contributed by atoms with van der Waals surface area (Å²) in [5, 5.41) is 0. The zero-order chi connectivity index (χ0) is 10.8. The van der Waals surface area contributed by atoms with Crippen LogP contribution < -0.4 is 0 Å². The molecular formula is C13H24O. The standard InChI is InChI=1S/C13H24O/c1-5-6-7-8-11-9-10(2)13(3,4)12(11)14/h10-11H,5-9H2,1-4H3. The molecule has 1 heteroatoms.